The maximum absolute atomic E-state index is 13.0. The average Bonchev–Trinajstić information content (AvgIpc) is 2.88. The molecule has 0 aromatic heterocycles. The van der Waals surface area contributed by atoms with Crippen LogP contribution >= 0.6 is 0 Å². The number of anilines is 1. The van der Waals surface area contributed by atoms with E-state index in [4.69, 9.17) is 18.9 Å². The van der Waals surface area contributed by atoms with Crippen molar-refractivity contribution in [1.29, 1.82) is 0 Å². The van der Waals surface area contributed by atoms with Crippen LogP contribution in [0.2, 0.25) is 0 Å². The van der Waals surface area contributed by atoms with Crippen LogP contribution in [0, 0.1) is 0 Å². The van der Waals surface area contributed by atoms with Crippen molar-refractivity contribution < 1.29 is 33.3 Å². The molecule has 0 heterocycles. The Morgan fingerprint density at radius 1 is 0.914 bits per heavy atom. The average molecular weight is 485 g/mol. The van der Waals surface area contributed by atoms with E-state index in [1.165, 1.54) is 20.3 Å². The third kappa shape index (κ3) is 6.44. The summed E-state index contributed by atoms with van der Waals surface area (Å²) in [7, 11) is 2.97. The topological polar surface area (TPSA) is 112 Å². The second kappa shape index (κ2) is 12.1. The standard InChI is InChI=1S/C26H32N2O7/c1-4-34-25(31)26(14-8-5-9-15-26)28-24(30)18-12-13-21(22(16-18)33-3)35-17-23(29)27-19-10-6-7-11-20(19)32-2/h6-7,10-13,16H,4-5,8-9,14-15,17H2,1-3H3,(H,27,29)(H,28,30). The van der Waals surface area contributed by atoms with Crippen LogP contribution in [0.15, 0.2) is 42.5 Å². The molecule has 35 heavy (non-hydrogen) atoms. The molecule has 9 heteroatoms. The number of para-hydroxylation sites is 2. The summed E-state index contributed by atoms with van der Waals surface area (Å²) in [5, 5.41) is 5.64. The van der Waals surface area contributed by atoms with Crippen LogP contribution in [0.1, 0.15) is 49.4 Å². The molecule has 1 aliphatic carbocycles. The quantitative estimate of drug-likeness (QED) is 0.494. The van der Waals surface area contributed by atoms with Crippen molar-refractivity contribution >= 4 is 23.5 Å². The predicted molar refractivity (Wildman–Crippen MR) is 130 cm³/mol. The van der Waals surface area contributed by atoms with Gasteiger partial charge in [-0.3, -0.25) is 9.59 Å². The Hall–Kier alpha value is -3.75. The minimum atomic E-state index is -1.02. The van der Waals surface area contributed by atoms with Crippen molar-refractivity contribution in [1.82, 2.24) is 5.32 Å². The number of carbonyl (C=O) groups excluding carboxylic acids is 3. The van der Waals surface area contributed by atoms with E-state index in [-0.39, 0.29) is 24.9 Å². The Morgan fingerprint density at radius 3 is 2.31 bits per heavy atom. The zero-order valence-electron chi connectivity index (χ0n) is 20.3. The Bertz CT molecular complexity index is 1050. The Kier molecular flexibility index (Phi) is 8.94. The Labute approximate surface area is 205 Å². The number of ether oxygens (including phenoxy) is 4. The summed E-state index contributed by atoms with van der Waals surface area (Å²) in [6.07, 6.45) is 3.77. The molecular formula is C26H32N2O7. The van der Waals surface area contributed by atoms with Gasteiger partial charge >= 0.3 is 5.97 Å². The number of carbonyl (C=O) groups is 3. The lowest BCUT2D eigenvalue weighted by Crippen LogP contribution is -2.56. The highest BCUT2D eigenvalue weighted by molar-refractivity contribution is 5.99. The van der Waals surface area contributed by atoms with E-state index < -0.39 is 17.4 Å². The molecule has 2 aromatic carbocycles. The van der Waals surface area contributed by atoms with Gasteiger partial charge in [-0.25, -0.2) is 4.79 Å². The van der Waals surface area contributed by atoms with Crippen LogP contribution in [0.4, 0.5) is 5.69 Å². The Balaban J connectivity index is 1.67. The van der Waals surface area contributed by atoms with Gasteiger partial charge in [-0.15, -0.1) is 0 Å². The summed E-state index contributed by atoms with van der Waals surface area (Å²) in [4.78, 5) is 38.1. The van der Waals surface area contributed by atoms with Crippen molar-refractivity contribution in [2.75, 3.05) is 32.8 Å². The smallest absolute Gasteiger partial charge is 0.331 e. The highest BCUT2D eigenvalue weighted by Crippen LogP contribution is 2.32. The first-order valence-electron chi connectivity index (χ1n) is 11.7. The largest absolute Gasteiger partial charge is 0.495 e. The van der Waals surface area contributed by atoms with E-state index in [1.54, 1.807) is 43.3 Å². The van der Waals surface area contributed by atoms with Crippen molar-refractivity contribution in [3.8, 4) is 17.2 Å². The van der Waals surface area contributed by atoms with Gasteiger partial charge in [-0.05, 0) is 50.1 Å². The molecule has 0 unspecified atom stereocenters. The minimum Gasteiger partial charge on any atom is -0.495 e. The molecule has 3 rings (SSSR count). The molecule has 1 aliphatic rings. The third-order valence-corrected chi connectivity index (χ3v) is 5.89. The number of rotatable bonds is 10. The van der Waals surface area contributed by atoms with Gasteiger partial charge in [0.2, 0.25) is 0 Å². The van der Waals surface area contributed by atoms with Gasteiger partial charge < -0.3 is 29.6 Å². The number of hydrogen-bond acceptors (Lipinski definition) is 7. The van der Waals surface area contributed by atoms with Gasteiger partial charge in [0, 0.05) is 5.56 Å². The number of esters is 1. The summed E-state index contributed by atoms with van der Waals surface area (Å²) < 4.78 is 21.5. The van der Waals surface area contributed by atoms with E-state index in [0.29, 0.717) is 35.6 Å². The highest BCUT2D eigenvalue weighted by atomic mass is 16.5. The molecule has 0 aliphatic heterocycles. The zero-order valence-corrected chi connectivity index (χ0v) is 20.3. The maximum atomic E-state index is 13.0. The van der Waals surface area contributed by atoms with Gasteiger partial charge in [-0.1, -0.05) is 31.4 Å². The first kappa shape index (κ1) is 25.9. The SMILES string of the molecule is CCOC(=O)C1(NC(=O)c2ccc(OCC(=O)Nc3ccccc3OC)c(OC)c2)CCCCC1. The van der Waals surface area contributed by atoms with Crippen molar-refractivity contribution in [2.24, 2.45) is 0 Å². The van der Waals surface area contributed by atoms with Crippen molar-refractivity contribution in [3.05, 3.63) is 48.0 Å². The molecule has 2 aromatic rings. The fourth-order valence-electron chi connectivity index (χ4n) is 4.10. The van der Waals surface area contributed by atoms with E-state index in [1.807, 2.05) is 0 Å². The number of methoxy groups -OCH3 is 2. The predicted octanol–water partition coefficient (Wildman–Crippen LogP) is 3.72. The summed E-state index contributed by atoms with van der Waals surface area (Å²) >= 11 is 0. The molecule has 9 nitrogen and oxygen atoms in total. The van der Waals surface area contributed by atoms with Crippen LogP contribution < -0.4 is 24.8 Å². The molecule has 1 fully saturated rings. The summed E-state index contributed by atoms with van der Waals surface area (Å²) in [5.41, 5.74) is -0.188. The maximum Gasteiger partial charge on any atom is 0.331 e. The fraction of sp³-hybridized carbons (Fsp3) is 0.423. The third-order valence-electron chi connectivity index (χ3n) is 5.89. The van der Waals surface area contributed by atoms with E-state index in [9.17, 15) is 14.4 Å². The van der Waals surface area contributed by atoms with Gasteiger partial charge in [0.05, 0.1) is 26.5 Å². The lowest BCUT2D eigenvalue weighted by molar-refractivity contribution is -0.152. The molecule has 2 N–H and O–H groups in total. The summed E-state index contributed by atoms with van der Waals surface area (Å²) in [6.45, 7) is 1.73. The second-order valence-electron chi connectivity index (χ2n) is 8.22. The molecule has 0 spiro atoms. The van der Waals surface area contributed by atoms with Gasteiger partial charge in [0.15, 0.2) is 18.1 Å². The molecule has 0 atom stereocenters. The van der Waals surface area contributed by atoms with Crippen LogP contribution in [-0.2, 0) is 14.3 Å². The zero-order chi connectivity index (χ0) is 25.3. The van der Waals surface area contributed by atoms with Crippen LogP contribution in [0.3, 0.4) is 0 Å². The fourth-order valence-corrected chi connectivity index (χ4v) is 4.10. The molecule has 0 bridgehead atoms. The van der Waals surface area contributed by atoms with Crippen LogP contribution in [-0.4, -0.2) is 50.8 Å². The van der Waals surface area contributed by atoms with Crippen molar-refractivity contribution in [2.45, 2.75) is 44.6 Å². The van der Waals surface area contributed by atoms with E-state index in [0.717, 1.165) is 19.3 Å². The highest BCUT2D eigenvalue weighted by Gasteiger charge is 2.42. The monoisotopic (exact) mass is 484 g/mol. The summed E-state index contributed by atoms with van der Waals surface area (Å²) in [5.74, 6) is -0.0623. The molecular weight excluding hydrogens is 452 g/mol. The van der Waals surface area contributed by atoms with Crippen LogP contribution in [0.5, 0.6) is 17.2 Å². The lowest BCUT2D eigenvalue weighted by Gasteiger charge is -2.35. The van der Waals surface area contributed by atoms with Crippen LogP contribution in [0.25, 0.3) is 0 Å². The first-order chi connectivity index (χ1) is 16.9. The second-order valence-corrected chi connectivity index (χ2v) is 8.22. The van der Waals surface area contributed by atoms with Gasteiger partial charge in [0.1, 0.15) is 11.3 Å². The Morgan fingerprint density at radius 2 is 1.63 bits per heavy atom. The molecule has 2 amide bonds. The van der Waals surface area contributed by atoms with Gasteiger partial charge in [0.25, 0.3) is 11.8 Å². The molecule has 188 valence electrons. The van der Waals surface area contributed by atoms with E-state index >= 15 is 0 Å². The lowest BCUT2D eigenvalue weighted by atomic mass is 9.81. The molecule has 1 saturated carbocycles. The van der Waals surface area contributed by atoms with Crippen molar-refractivity contribution in [3.63, 3.8) is 0 Å². The summed E-state index contributed by atoms with van der Waals surface area (Å²) in [6, 6.07) is 11.7. The van der Waals surface area contributed by atoms with Gasteiger partial charge in [-0.2, -0.15) is 0 Å². The first-order valence-corrected chi connectivity index (χ1v) is 11.7. The number of nitrogens with one attached hydrogen (secondary N) is 2. The number of benzene rings is 2. The molecule has 0 radical (unpaired) electrons. The number of hydrogen-bond donors (Lipinski definition) is 2. The normalized spacial score (nSPS) is 14.4. The molecule has 0 saturated heterocycles. The number of amides is 2. The van der Waals surface area contributed by atoms with E-state index in [2.05, 4.69) is 10.6 Å². The minimum absolute atomic E-state index is 0.251.